The van der Waals surface area contributed by atoms with E-state index in [0.717, 1.165) is 25.8 Å². The maximum absolute atomic E-state index is 11.8. The average Bonchev–Trinajstić information content (AvgIpc) is 2.52. The molecule has 1 fully saturated rings. The molecule has 0 aliphatic carbocycles. The largest absolute Gasteiger partial charge is 0.347 e. The number of nitrogens with one attached hydrogen (secondary N) is 1. The fraction of sp³-hybridized carbons (Fsp3) is 0.889. The lowest BCUT2D eigenvalue weighted by Gasteiger charge is -2.29. The Morgan fingerprint density at radius 1 is 1.58 bits per heavy atom. The minimum Gasteiger partial charge on any atom is -0.347 e. The molecule has 1 saturated heterocycles. The molecule has 0 aromatic heterocycles. The van der Waals surface area contributed by atoms with E-state index in [1.165, 1.54) is 0 Å². The summed E-state index contributed by atoms with van der Waals surface area (Å²) < 4.78 is 0. The van der Waals surface area contributed by atoms with Gasteiger partial charge in [-0.1, -0.05) is 6.92 Å². The zero-order chi connectivity index (χ0) is 9.19. The number of carbonyl (C=O) groups excluding carboxylic acids is 1. The van der Waals surface area contributed by atoms with E-state index in [2.05, 4.69) is 12.2 Å². The van der Waals surface area contributed by atoms with E-state index in [4.69, 9.17) is 0 Å². The Bertz CT molecular complexity index is 171. The first-order chi connectivity index (χ1) is 5.62. The molecule has 1 amide bonds. The summed E-state index contributed by atoms with van der Waals surface area (Å²) in [6, 6.07) is 0. The lowest BCUT2D eigenvalue weighted by Crippen LogP contribution is -2.52. The molecule has 1 N–H and O–H groups in total. The van der Waals surface area contributed by atoms with Gasteiger partial charge in [-0.15, -0.1) is 0 Å². The van der Waals surface area contributed by atoms with Crippen molar-refractivity contribution >= 4 is 5.91 Å². The smallest absolute Gasteiger partial charge is 0.242 e. The van der Waals surface area contributed by atoms with Crippen LogP contribution in [0.4, 0.5) is 0 Å². The monoisotopic (exact) mass is 170 g/mol. The highest BCUT2D eigenvalue weighted by atomic mass is 16.2. The van der Waals surface area contributed by atoms with Gasteiger partial charge in [-0.05, 0) is 25.8 Å². The van der Waals surface area contributed by atoms with Crippen molar-refractivity contribution in [2.24, 2.45) is 0 Å². The summed E-state index contributed by atoms with van der Waals surface area (Å²) in [7, 11) is 3.64. The Kier molecular flexibility index (Phi) is 2.73. The molecule has 1 unspecified atom stereocenters. The van der Waals surface area contributed by atoms with Crippen molar-refractivity contribution in [1.29, 1.82) is 0 Å². The quantitative estimate of drug-likeness (QED) is 0.658. The maximum Gasteiger partial charge on any atom is 0.242 e. The maximum atomic E-state index is 11.8. The first kappa shape index (κ1) is 9.52. The highest BCUT2D eigenvalue weighted by Crippen LogP contribution is 2.24. The summed E-state index contributed by atoms with van der Waals surface area (Å²) in [4.78, 5) is 13.4. The zero-order valence-electron chi connectivity index (χ0n) is 8.18. The fourth-order valence-corrected chi connectivity index (χ4v) is 1.87. The normalized spacial score (nSPS) is 28.9. The molecule has 1 aliphatic rings. The molecule has 0 bridgehead atoms. The Morgan fingerprint density at radius 2 is 2.25 bits per heavy atom. The van der Waals surface area contributed by atoms with Gasteiger partial charge < -0.3 is 10.2 Å². The molecule has 1 heterocycles. The second kappa shape index (κ2) is 3.44. The second-order valence-electron chi connectivity index (χ2n) is 3.67. The third-order valence-electron chi connectivity index (χ3n) is 2.66. The average molecular weight is 170 g/mol. The number of carbonyl (C=O) groups is 1. The van der Waals surface area contributed by atoms with Gasteiger partial charge >= 0.3 is 0 Å². The van der Waals surface area contributed by atoms with Crippen LogP contribution in [0.1, 0.15) is 26.2 Å². The Balaban J connectivity index is 2.72. The summed E-state index contributed by atoms with van der Waals surface area (Å²) >= 11 is 0. The van der Waals surface area contributed by atoms with Crippen molar-refractivity contribution < 1.29 is 4.79 Å². The van der Waals surface area contributed by atoms with E-state index in [9.17, 15) is 4.79 Å². The van der Waals surface area contributed by atoms with Crippen LogP contribution in [0.15, 0.2) is 0 Å². The minimum atomic E-state index is -0.247. The van der Waals surface area contributed by atoms with E-state index >= 15 is 0 Å². The molecule has 0 aromatic carbocycles. The standard InChI is InChI=1S/C9H18N2O/c1-4-9(6-5-7-10-9)8(12)11(2)3/h10H,4-7H2,1-3H3. The molecule has 12 heavy (non-hydrogen) atoms. The van der Waals surface area contributed by atoms with Crippen molar-refractivity contribution in [3.63, 3.8) is 0 Å². The molecule has 1 rings (SSSR count). The first-order valence-corrected chi connectivity index (χ1v) is 4.59. The van der Waals surface area contributed by atoms with E-state index in [0.29, 0.717) is 0 Å². The molecule has 0 radical (unpaired) electrons. The second-order valence-corrected chi connectivity index (χ2v) is 3.67. The first-order valence-electron chi connectivity index (χ1n) is 4.59. The van der Waals surface area contributed by atoms with Crippen molar-refractivity contribution in [1.82, 2.24) is 10.2 Å². The van der Waals surface area contributed by atoms with Gasteiger partial charge in [-0.3, -0.25) is 4.79 Å². The number of likely N-dealkylation sites (N-methyl/N-ethyl adjacent to an activating group) is 1. The highest BCUT2D eigenvalue weighted by molar-refractivity contribution is 5.86. The van der Waals surface area contributed by atoms with Crippen LogP contribution >= 0.6 is 0 Å². The number of hydrogen-bond acceptors (Lipinski definition) is 2. The summed E-state index contributed by atoms with van der Waals surface area (Å²) in [5.41, 5.74) is -0.247. The minimum absolute atomic E-state index is 0.225. The Hall–Kier alpha value is -0.570. The van der Waals surface area contributed by atoms with E-state index < -0.39 is 0 Å². The van der Waals surface area contributed by atoms with Crippen LogP contribution in [-0.2, 0) is 4.79 Å². The van der Waals surface area contributed by atoms with Crippen LogP contribution in [0.25, 0.3) is 0 Å². The number of hydrogen-bond donors (Lipinski definition) is 1. The molecular weight excluding hydrogens is 152 g/mol. The van der Waals surface area contributed by atoms with Gasteiger partial charge in [0.25, 0.3) is 0 Å². The summed E-state index contributed by atoms with van der Waals surface area (Å²) in [5, 5.41) is 3.31. The molecule has 1 aliphatic heterocycles. The van der Waals surface area contributed by atoms with Crippen molar-refractivity contribution in [2.45, 2.75) is 31.7 Å². The Labute approximate surface area is 74.1 Å². The van der Waals surface area contributed by atoms with Gasteiger partial charge in [0.2, 0.25) is 5.91 Å². The molecular formula is C9H18N2O. The van der Waals surface area contributed by atoms with E-state index in [1.807, 2.05) is 14.1 Å². The number of nitrogens with zero attached hydrogens (tertiary/aromatic N) is 1. The van der Waals surface area contributed by atoms with Crippen LogP contribution in [0.3, 0.4) is 0 Å². The van der Waals surface area contributed by atoms with Crippen LogP contribution in [0, 0.1) is 0 Å². The highest BCUT2D eigenvalue weighted by Gasteiger charge is 2.39. The lowest BCUT2D eigenvalue weighted by molar-refractivity contribution is -0.135. The Morgan fingerprint density at radius 3 is 2.58 bits per heavy atom. The summed E-state index contributed by atoms with van der Waals surface area (Å²) in [6.45, 7) is 3.05. The summed E-state index contributed by atoms with van der Waals surface area (Å²) in [5.74, 6) is 0.225. The molecule has 1 atom stereocenters. The molecule has 3 heteroatoms. The summed E-state index contributed by atoms with van der Waals surface area (Å²) in [6.07, 6.45) is 3.00. The third-order valence-corrected chi connectivity index (χ3v) is 2.66. The number of rotatable bonds is 2. The molecule has 0 aromatic rings. The molecule has 0 saturated carbocycles. The van der Waals surface area contributed by atoms with Gasteiger partial charge in [-0.2, -0.15) is 0 Å². The van der Waals surface area contributed by atoms with Crippen LogP contribution in [0.5, 0.6) is 0 Å². The predicted octanol–water partition coefficient (Wildman–Crippen LogP) is 0.607. The molecule has 70 valence electrons. The SMILES string of the molecule is CCC1(C(=O)N(C)C)CCCN1. The van der Waals surface area contributed by atoms with Crippen molar-refractivity contribution in [3.8, 4) is 0 Å². The number of amides is 1. The lowest BCUT2D eigenvalue weighted by atomic mass is 9.93. The van der Waals surface area contributed by atoms with Gasteiger partial charge in [0, 0.05) is 14.1 Å². The van der Waals surface area contributed by atoms with Gasteiger partial charge in [0.15, 0.2) is 0 Å². The molecule has 0 spiro atoms. The van der Waals surface area contributed by atoms with Crippen molar-refractivity contribution in [2.75, 3.05) is 20.6 Å². The van der Waals surface area contributed by atoms with Crippen molar-refractivity contribution in [3.05, 3.63) is 0 Å². The molecule has 3 nitrogen and oxygen atoms in total. The third kappa shape index (κ3) is 1.46. The fourth-order valence-electron chi connectivity index (χ4n) is 1.87. The predicted molar refractivity (Wildman–Crippen MR) is 49.0 cm³/mol. The topological polar surface area (TPSA) is 32.3 Å². The van der Waals surface area contributed by atoms with Crippen LogP contribution < -0.4 is 5.32 Å². The zero-order valence-corrected chi connectivity index (χ0v) is 8.18. The van der Waals surface area contributed by atoms with Gasteiger partial charge in [-0.25, -0.2) is 0 Å². The van der Waals surface area contributed by atoms with Crippen LogP contribution in [-0.4, -0.2) is 37.0 Å². The van der Waals surface area contributed by atoms with Gasteiger partial charge in [0.1, 0.15) is 0 Å². The van der Waals surface area contributed by atoms with Gasteiger partial charge in [0.05, 0.1) is 5.54 Å². The van der Waals surface area contributed by atoms with Crippen LogP contribution in [0.2, 0.25) is 0 Å². The van der Waals surface area contributed by atoms with E-state index in [-0.39, 0.29) is 11.4 Å². The van der Waals surface area contributed by atoms with E-state index in [1.54, 1.807) is 4.90 Å².